The fourth-order valence-corrected chi connectivity index (χ4v) is 5.74. The molecule has 6 heteroatoms. The molecule has 4 rings (SSSR count). The molecule has 2 N–H and O–H groups in total. The second-order valence-electron chi connectivity index (χ2n) is 7.74. The summed E-state index contributed by atoms with van der Waals surface area (Å²) in [6.07, 6.45) is 6.56. The van der Waals surface area contributed by atoms with Crippen molar-refractivity contribution in [1.82, 2.24) is 4.90 Å². The van der Waals surface area contributed by atoms with Crippen LogP contribution in [0.25, 0.3) is 6.08 Å². The lowest BCUT2D eigenvalue weighted by Gasteiger charge is -2.39. The van der Waals surface area contributed by atoms with E-state index in [9.17, 15) is 9.90 Å². The summed E-state index contributed by atoms with van der Waals surface area (Å²) >= 11 is 4.93. The van der Waals surface area contributed by atoms with Gasteiger partial charge in [0.15, 0.2) is 5.50 Å². The first kappa shape index (κ1) is 20.4. The van der Waals surface area contributed by atoms with E-state index < -0.39 is 0 Å². The molecule has 1 saturated heterocycles. The molecule has 2 fully saturated rings. The zero-order chi connectivity index (χ0) is 20.4. The Labute approximate surface area is 184 Å². The van der Waals surface area contributed by atoms with Gasteiger partial charge in [0.2, 0.25) is 0 Å². The van der Waals surface area contributed by atoms with E-state index in [1.165, 1.54) is 19.3 Å². The molecule has 3 atom stereocenters. The molecular weight excluding hydrogens is 448 g/mol. The number of phenolic OH excluding ortho intramolecular Hbond substituents is 1. The summed E-state index contributed by atoms with van der Waals surface area (Å²) in [4.78, 5) is 16.2. The maximum Gasteiger partial charge on any atom is 0.262 e. The van der Waals surface area contributed by atoms with E-state index in [4.69, 9.17) is 0 Å². The molecule has 152 valence electrons. The van der Waals surface area contributed by atoms with Gasteiger partial charge in [0.05, 0.1) is 9.38 Å². The fraction of sp³-hybridized carbons (Fsp3) is 0.348. The van der Waals surface area contributed by atoms with Crippen LogP contribution in [-0.4, -0.2) is 27.5 Å². The van der Waals surface area contributed by atoms with Crippen LogP contribution in [0.3, 0.4) is 0 Å². The standard InChI is InChI=1S/C23H25BrN2O2S/c1-15-7-5-6-10-19(15)26-22(28)21(14-16-11-12-20(27)18(24)13-16)29-23(26)25-17-8-3-2-4-9-17/h2-4,8-9,11-15,19,23,25,27H,5-7,10H2,1H3/b21-14-/t15-,19-,23?/m0/s1. The van der Waals surface area contributed by atoms with Gasteiger partial charge < -0.3 is 15.3 Å². The molecule has 0 radical (unpaired) electrons. The molecule has 0 bridgehead atoms. The molecule has 0 spiro atoms. The minimum atomic E-state index is -0.123. The number of nitrogens with one attached hydrogen (secondary N) is 1. The molecular formula is C23H25BrN2O2S. The van der Waals surface area contributed by atoms with Crippen LogP contribution in [0.15, 0.2) is 57.9 Å². The van der Waals surface area contributed by atoms with Crippen LogP contribution in [0, 0.1) is 5.92 Å². The zero-order valence-corrected chi connectivity index (χ0v) is 18.7. The number of halogens is 1. The SMILES string of the molecule is C[C@H]1CCCC[C@@H]1N1C(=O)/C(=C/c2ccc(O)c(Br)c2)SC1Nc1ccccc1. The molecule has 2 aromatic rings. The third-order valence-corrected chi connectivity index (χ3v) is 7.44. The predicted octanol–water partition coefficient (Wildman–Crippen LogP) is 6.05. The van der Waals surface area contributed by atoms with Crippen molar-refractivity contribution < 1.29 is 9.90 Å². The number of hydrogen-bond acceptors (Lipinski definition) is 4. The van der Waals surface area contributed by atoms with Crippen molar-refractivity contribution in [3.8, 4) is 5.75 Å². The molecule has 4 nitrogen and oxygen atoms in total. The van der Waals surface area contributed by atoms with Gasteiger partial charge in [0, 0.05) is 11.7 Å². The minimum Gasteiger partial charge on any atom is -0.507 e. The number of benzene rings is 2. The van der Waals surface area contributed by atoms with Gasteiger partial charge in [0.25, 0.3) is 5.91 Å². The van der Waals surface area contributed by atoms with Crippen molar-refractivity contribution in [3.05, 3.63) is 63.5 Å². The quantitative estimate of drug-likeness (QED) is 0.532. The Morgan fingerprint density at radius 2 is 1.93 bits per heavy atom. The highest BCUT2D eigenvalue weighted by molar-refractivity contribution is 9.10. The van der Waals surface area contributed by atoms with Crippen molar-refractivity contribution in [2.24, 2.45) is 5.92 Å². The number of carbonyl (C=O) groups is 1. The Hall–Kier alpha value is -1.92. The van der Waals surface area contributed by atoms with E-state index in [1.54, 1.807) is 17.8 Å². The smallest absolute Gasteiger partial charge is 0.262 e. The van der Waals surface area contributed by atoms with Gasteiger partial charge in [-0.25, -0.2) is 0 Å². The summed E-state index contributed by atoms with van der Waals surface area (Å²) in [5, 5.41) is 13.3. The highest BCUT2D eigenvalue weighted by Gasteiger charge is 2.42. The van der Waals surface area contributed by atoms with Gasteiger partial charge in [-0.15, -0.1) is 0 Å². The monoisotopic (exact) mass is 472 g/mol. The van der Waals surface area contributed by atoms with Crippen molar-refractivity contribution >= 4 is 45.4 Å². The fourth-order valence-electron chi connectivity index (χ4n) is 4.13. The van der Waals surface area contributed by atoms with Crippen LogP contribution in [0.4, 0.5) is 5.69 Å². The van der Waals surface area contributed by atoms with Crippen LogP contribution >= 0.6 is 27.7 Å². The van der Waals surface area contributed by atoms with E-state index >= 15 is 0 Å². The normalized spacial score (nSPS) is 26.1. The second-order valence-corrected chi connectivity index (χ2v) is 9.72. The third kappa shape index (κ3) is 4.48. The van der Waals surface area contributed by atoms with Crippen molar-refractivity contribution in [3.63, 3.8) is 0 Å². The highest BCUT2D eigenvalue weighted by Crippen LogP contribution is 2.42. The summed E-state index contributed by atoms with van der Waals surface area (Å²) in [6.45, 7) is 2.26. The number of thioether (sulfide) groups is 1. The van der Waals surface area contributed by atoms with Gasteiger partial charge in [-0.05, 0) is 70.6 Å². The third-order valence-electron chi connectivity index (χ3n) is 5.69. The van der Waals surface area contributed by atoms with Gasteiger partial charge in [-0.2, -0.15) is 0 Å². The van der Waals surface area contributed by atoms with Crippen LogP contribution in [0.2, 0.25) is 0 Å². The first-order valence-electron chi connectivity index (χ1n) is 10.0. The maximum absolute atomic E-state index is 13.4. The molecule has 2 aliphatic rings. The van der Waals surface area contributed by atoms with E-state index in [0.717, 1.165) is 22.6 Å². The van der Waals surface area contributed by atoms with Crippen molar-refractivity contribution in [2.45, 2.75) is 44.1 Å². The van der Waals surface area contributed by atoms with E-state index in [1.807, 2.05) is 48.5 Å². The van der Waals surface area contributed by atoms with E-state index in [-0.39, 0.29) is 23.2 Å². The number of para-hydroxylation sites is 1. The number of rotatable bonds is 4. The van der Waals surface area contributed by atoms with Crippen LogP contribution in [0.5, 0.6) is 5.75 Å². The van der Waals surface area contributed by atoms with Crippen LogP contribution in [-0.2, 0) is 4.79 Å². The Kier molecular flexibility index (Phi) is 6.20. The Morgan fingerprint density at radius 1 is 1.17 bits per heavy atom. The number of anilines is 1. The largest absolute Gasteiger partial charge is 0.507 e. The molecule has 1 saturated carbocycles. The lowest BCUT2D eigenvalue weighted by molar-refractivity contribution is -0.129. The van der Waals surface area contributed by atoms with Gasteiger partial charge in [0.1, 0.15) is 5.75 Å². The topological polar surface area (TPSA) is 52.6 Å². The van der Waals surface area contributed by atoms with Crippen molar-refractivity contribution in [2.75, 3.05) is 5.32 Å². The average molecular weight is 473 g/mol. The van der Waals surface area contributed by atoms with E-state index in [0.29, 0.717) is 10.4 Å². The molecule has 1 heterocycles. The molecule has 0 aromatic heterocycles. The molecule has 1 unspecified atom stereocenters. The highest BCUT2D eigenvalue weighted by atomic mass is 79.9. The predicted molar refractivity (Wildman–Crippen MR) is 123 cm³/mol. The average Bonchev–Trinajstić information content (AvgIpc) is 3.01. The van der Waals surface area contributed by atoms with Gasteiger partial charge in [-0.3, -0.25) is 4.79 Å². The first-order chi connectivity index (χ1) is 14.0. The van der Waals surface area contributed by atoms with Crippen LogP contribution < -0.4 is 5.32 Å². The Balaban J connectivity index is 1.65. The Bertz CT molecular complexity index is 918. The lowest BCUT2D eigenvalue weighted by atomic mass is 9.85. The number of aromatic hydroxyl groups is 1. The summed E-state index contributed by atoms with van der Waals surface area (Å²) in [6, 6.07) is 15.6. The van der Waals surface area contributed by atoms with Gasteiger partial charge in [-0.1, -0.05) is 55.8 Å². The molecule has 1 amide bonds. The van der Waals surface area contributed by atoms with Crippen molar-refractivity contribution in [1.29, 1.82) is 0 Å². The number of phenols is 1. The molecule has 29 heavy (non-hydrogen) atoms. The summed E-state index contributed by atoms with van der Waals surface area (Å²) in [5.41, 5.74) is 1.78. The summed E-state index contributed by atoms with van der Waals surface area (Å²) in [5.74, 6) is 0.778. The molecule has 1 aliphatic carbocycles. The van der Waals surface area contributed by atoms with E-state index in [2.05, 4.69) is 33.1 Å². The number of hydrogen-bond donors (Lipinski definition) is 2. The number of carbonyl (C=O) groups excluding carboxylic acids is 1. The number of amides is 1. The summed E-state index contributed by atoms with van der Waals surface area (Å²) in [7, 11) is 0. The molecule has 1 aliphatic heterocycles. The number of nitrogens with zero attached hydrogens (tertiary/aromatic N) is 1. The molecule has 2 aromatic carbocycles. The summed E-state index contributed by atoms with van der Waals surface area (Å²) < 4.78 is 0.624. The lowest BCUT2D eigenvalue weighted by Crippen LogP contribution is -2.48. The first-order valence-corrected chi connectivity index (χ1v) is 11.7. The Morgan fingerprint density at radius 3 is 2.66 bits per heavy atom. The minimum absolute atomic E-state index is 0.0892. The van der Waals surface area contributed by atoms with Gasteiger partial charge >= 0.3 is 0 Å². The maximum atomic E-state index is 13.4. The zero-order valence-electron chi connectivity index (χ0n) is 16.3. The second kappa shape index (κ2) is 8.84. The van der Waals surface area contributed by atoms with Crippen LogP contribution in [0.1, 0.15) is 38.2 Å².